The molecular formula is C76H104O16. The fourth-order valence-electron chi connectivity index (χ4n) is 11.6. The minimum Gasteiger partial charge on any atom is -0.489 e. The smallest absolute Gasteiger partial charge is 0.330 e. The van der Waals surface area contributed by atoms with Crippen molar-refractivity contribution in [3.8, 4) is 23.0 Å². The highest BCUT2D eigenvalue weighted by Gasteiger charge is 2.26. The molecule has 4 aromatic rings. The molecule has 504 valence electrons. The van der Waals surface area contributed by atoms with Crippen LogP contribution in [-0.2, 0) is 109 Å². The number of carbonyl (C=O) groups excluding carboxylic acids is 6. The van der Waals surface area contributed by atoms with Crippen molar-refractivity contribution >= 4 is 35.8 Å². The van der Waals surface area contributed by atoms with Crippen LogP contribution < -0.4 is 18.9 Å². The molecule has 92 heavy (non-hydrogen) atoms. The molecule has 0 atom stereocenters. The van der Waals surface area contributed by atoms with Gasteiger partial charge >= 0.3 is 35.8 Å². The molecule has 0 aromatic heterocycles. The van der Waals surface area contributed by atoms with E-state index in [4.69, 9.17) is 47.4 Å². The van der Waals surface area contributed by atoms with Crippen molar-refractivity contribution in [1.29, 1.82) is 0 Å². The fraction of sp³-hybridized carbons (Fsp3) is 0.553. The number of benzene rings is 4. The summed E-state index contributed by atoms with van der Waals surface area (Å²) in [7, 11) is 0. The third kappa shape index (κ3) is 26.9. The second-order valence-electron chi connectivity index (χ2n) is 23.5. The van der Waals surface area contributed by atoms with E-state index in [0.29, 0.717) is 48.7 Å². The molecule has 0 saturated heterocycles. The van der Waals surface area contributed by atoms with Gasteiger partial charge in [-0.3, -0.25) is 19.2 Å². The van der Waals surface area contributed by atoms with Gasteiger partial charge in [-0.25, -0.2) is 9.59 Å². The average molecular weight is 1270 g/mol. The first-order valence-corrected chi connectivity index (χ1v) is 34.1. The van der Waals surface area contributed by atoms with Gasteiger partial charge in [-0.05, 0) is 132 Å². The Kier molecular flexibility index (Phi) is 35.3. The van der Waals surface area contributed by atoms with E-state index in [1.165, 1.54) is 0 Å². The van der Waals surface area contributed by atoms with Crippen LogP contribution in [0.25, 0.3) is 0 Å². The molecule has 5 rings (SSSR count). The number of fused-ring (bicyclic) bond motifs is 8. The molecule has 1 aliphatic carbocycles. The third-order valence-electron chi connectivity index (χ3n) is 15.9. The number of unbranched alkanes of at least 4 members (excludes halogenated alkanes) is 12. The number of carbonyl (C=O) groups is 6. The maximum absolute atomic E-state index is 13.0. The van der Waals surface area contributed by atoms with E-state index in [-0.39, 0.29) is 66.1 Å². The second-order valence-corrected chi connectivity index (χ2v) is 23.5. The Morgan fingerprint density at radius 3 is 0.761 bits per heavy atom. The largest absolute Gasteiger partial charge is 0.489 e. The van der Waals surface area contributed by atoms with Crippen LogP contribution in [-0.4, -0.2) is 102 Å². The zero-order chi connectivity index (χ0) is 66.3. The van der Waals surface area contributed by atoms with Crippen LogP contribution >= 0.6 is 0 Å². The third-order valence-corrected chi connectivity index (χ3v) is 15.9. The lowest BCUT2D eigenvalue weighted by atomic mass is 9.87. The van der Waals surface area contributed by atoms with Crippen LogP contribution in [0.2, 0.25) is 0 Å². The average Bonchev–Trinajstić information content (AvgIpc) is 1.48. The molecule has 0 fully saturated rings. The van der Waals surface area contributed by atoms with Crippen molar-refractivity contribution in [1.82, 2.24) is 0 Å². The van der Waals surface area contributed by atoms with Crippen LogP contribution in [0.3, 0.4) is 0 Å². The molecule has 0 N–H and O–H groups in total. The van der Waals surface area contributed by atoms with E-state index in [1.54, 1.807) is 13.8 Å². The summed E-state index contributed by atoms with van der Waals surface area (Å²) in [5.41, 5.74) is 11.5. The zero-order valence-electron chi connectivity index (χ0n) is 56.2. The van der Waals surface area contributed by atoms with E-state index in [0.717, 1.165) is 207 Å². The zero-order valence-corrected chi connectivity index (χ0v) is 56.2. The first-order valence-electron chi connectivity index (χ1n) is 34.1. The lowest BCUT2D eigenvalue weighted by Crippen LogP contribution is -2.18. The summed E-state index contributed by atoms with van der Waals surface area (Å²) in [5, 5.41) is 0. The SMILES string of the molecule is C=CC(=O)OCCOc1c2cc(CCCCCC)cc1Cc1cc(CCCCCC)cc(c1OCCOC(=O)CC(=O)OCC)Cc1cc(CCCCCC)cc(c1OCCOC(=O)CC(=O)OCC)Cc1cc(CCCCCC)cc(c1OCCOC(=O)C=C)C2. The molecule has 4 aromatic carbocycles. The predicted octanol–water partition coefficient (Wildman–Crippen LogP) is 14.8. The van der Waals surface area contributed by atoms with Crippen molar-refractivity contribution in [2.45, 2.75) is 208 Å². The van der Waals surface area contributed by atoms with Crippen molar-refractivity contribution in [2.75, 3.05) is 66.1 Å². The molecule has 0 unspecified atom stereocenters. The minimum absolute atomic E-state index is 0.0307. The molecule has 0 heterocycles. The summed E-state index contributed by atoms with van der Waals surface area (Å²) in [6.07, 6.45) is 22.6. The molecule has 1 aliphatic rings. The molecule has 0 radical (unpaired) electrons. The first-order chi connectivity index (χ1) is 44.8. The van der Waals surface area contributed by atoms with Gasteiger partial charge in [0, 0.05) is 37.8 Å². The highest BCUT2D eigenvalue weighted by atomic mass is 16.6. The predicted molar refractivity (Wildman–Crippen MR) is 357 cm³/mol. The van der Waals surface area contributed by atoms with Crippen molar-refractivity contribution in [3.05, 3.63) is 141 Å². The summed E-state index contributed by atoms with van der Waals surface area (Å²) < 4.78 is 60.2. The van der Waals surface area contributed by atoms with Crippen LogP contribution in [0.4, 0.5) is 0 Å². The topological polar surface area (TPSA) is 195 Å². The number of hydrogen-bond acceptors (Lipinski definition) is 16. The quantitative estimate of drug-likeness (QED) is 0.0117. The number of esters is 6. The summed E-state index contributed by atoms with van der Waals surface area (Å²) in [5.74, 6) is -1.47. The van der Waals surface area contributed by atoms with Crippen molar-refractivity contribution in [2.24, 2.45) is 0 Å². The lowest BCUT2D eigenvalue weighted by molar-refractivity contribution is -0.156. The van der Waals surface area contributed by atoms with E-state index in [9.17, 15) is 28.8 Å². The normalized spacial score (nSPS) is 11.6. The summed E-state index contributed by atoms with van der Waals surface area (Å²) in [6, 6.07) is 17.8. The van der Waals surface area contributed by atoms with Crippen LogP contribution in [0.5, 0.6) is 23.0 Å². The van der Waals surface area contributed by atoms with E-state index in [1.807, 2.05) is 0 Å². The number of rotatable bonds is 44. The Bertz CT molecular complexity index is 2800. The van der Waals surface area contributed by atoms with Gasteiger partial charge < -0.3 is 47.4 Å². The number of hydrogen-bond donors (Lipinski definition) is 0. The maximum Gasteiger partial charge on any atom is 0.330 e. The Labute approximate surface area is 547 Å². The standard InChI is InChI=1S/C76H104O16/c1-9-17-21-25-29-55-41-59-49-60-42-56(30-26-22-18-10-2)44-62(74(60)90-38-34-86-68(78)14-6)51-64-46-58(32-28-24-20-12-4)48-66(76(64)92-40-36-88-72(82)54-70(80)84-16-8)52-65-47-57(31-27-23-19-11-3)45-63(50-61(43-55)73(59)89-37-33-85-67(77)13-5)75(65)91-39-35-87-71(81)53-69(79)83-15-7/h13-14,41-48H,5-6,9-12,15-40,49-54H2,1-4,7-8H3. The van der Waals surface area contributed by atoms with Gasteiger partial charge in [-0.1, -0.05) is 166 Å². The Balaban J connectivity index is 1.91. The Morgan fingerprint density at radius 2 is 0.543 bits per heavy atom. The molecule has 0 amide bonds. The van der Waals surface area contributed by atoms with E-state index >= 15 is 0 Å². The molecule has 0 saturated carbocycles. The first kappa shape index (κ1) is 75.1. The van der Waals surface area contributed by atoms with Gasteiger partial charge in [0.05, 0.1) is 13.2 Å². The fourth-order valence-corrected chi connectivity index (χ4v) is 11.6. The molecule has 16 nitrogen and oxygen atoms in total. The van der Waals surface area contributed by atoms with Gasteiger partial charge in [-0.15, -0.1) is 0 Å². The summed E-state index contributed by atoms with van der Waals surface area (Å²) >= 11 is 0. The van der Waals surface area contributed by atoms with Crippen molar-refractivity contribution < 1.29 is 76.1 Å². The minimum atomic E-state index is -0.727. The van der Waals surface area contributed by atoms with Gasteiger partial charge in [0.25, 0.3) is 0 Å². The highest BCUT2D eigenvalue weighted by molar-refractivity contribution is 5.91. The second kappa shape index (κ2) is 43.3. The van der Waals surface area contributed by atoms with Gasteiger partial charge in [0.2, 0.25) is 0 Å². The highest BCUT2D eigenvalue weighted by Crippen LogP contribution is 2.42. The molecule has 0 aliphatic heterocycles. The monoisotopic (exact) mass is 1270 g/mol. The van der Waals surface area contributed by atoms with Gasteiger partial charge in [0.1, 0.15) is 88.7 Å². The van der Waals surface area contributed by atoms with Gasteiger partial charge in [-0.2, -0.15) is 0 Å². The Hall–Kier alpha value is -7.62. The van der Waals surface area contributed by atoms with Crippen LogP contribution in [0.1, 0.15) is 224 Å². The molecule has 16 heteroatoms. The maximum atomic E-state index is 13.0. The number of ether oxygens (including phenoxy) is 10. The Morgan fingerprint density at radius 1 is 0.315 bits per heavy atom. The van der Waals surface area contributed by atoms with Crippen molar-refractivity contribution in [3.63, 3.8) is 0 Å². The molecule has 0 spiro atoms. The number of aryl methyl sites for hydroxylation is 4. The summed E-state index contributed by atoms with van der Waals surface area (Å²) in [6.45, 7) is 19.3. The molecular weight excluding hydrogens is 1170 g/mol. The molecule has 8 bridgehead atoms. The lowest BCUT2D eigenvalue weighted by Gasteiger charge is -2.25. The summed E-state index contributed by atoms with van der Waals surface area (Å²) in [4.78, 5) is 75.6. The van der Waals surface area contributed by atoms with Crippen LogP contribution in [0.15, 0.2) is 73.8 Å². The van der Waals surface area contributed by atoms with E-state index < -0.39 is 48.7 Å². The van der Waals surface area contributed by atoms with Crippen LogP contribution in [0, 0.1) is 0 Å². The van der Waals surface area contributed by atoms with E-state index in [2.05, 4.69) is 89.4 Å². The van der Waals surface area contributed by atoms with Gasteiger partial charge in [0.15, 0.2) is 0 Å².